The van der Waals surface area contributed by atoms with Gasteiger partial charge in [-0.05, 0) is 36.8 Å². The number of fused-ring (bicyclic) bond motifs is 1. The number of halogens is 1. The number of rotatable bonds is 4. The maximum absolute atomic E-state index is 13.6. The van der Waals surface area contributed by atoms with E-state index in [1.165, 1.54) is 18.2 Å². The fraction of sp³-hybridized carbons (Fsp3) is 0.100. The van der Waals surface area contributed by atoms with Gasteiger partial charge < -0.3 is 4.74 Å². The molecule has 0 saturated heterocycles. The molecule has 0 aliphatic rings. The van der Waals surface area contributed by atoms with E-state index in [1.54, 1.807) is 19.1 Å². The van der Waals surface area contributed by atoms with Crippen LogP contribution in [-0.4, -0.2) is 17.6 Å². The molecule has 0 saturated carbocycles. The van der Waals surface area contributed by atoms with E-state index in [0.29, 0.717) is 12.1 Å². The highest BCUT2D eigenvalue weighted by Gasteiger charge is 2.07. The van der Waals surface area contributed by atoms with Crippen LogP contribution < -0.4 is 0 Å². The predicted octanol–water partition coefficient (Wildman–Crippen LogP) is 4.62. The first-order valence-electron chi connectivity index (χ1n) is 7.68. The first-order chi connectivity index (χ1) is 11.7. The van der Waals surface area contributed by atoms with E-state index in [-0.39, 0.29) is 5.82 Å². The molecule has 24 heavy (non-hydrogen) atoms. The Labute approximate surface area is 139 Å². The summed E-state index contributed by atoms with van der Waals surface area (Å²) in [5.41, 5.74) is 2.97. The number of ether oxygens (including phenoxy) is 1. The summed E-state index contributed by atoms with van der Waals surface area (Å²) in [5.74, 6) is -0.758. The molecule has 4 heteroatoms. The second-order valence-corrected chi connectivity index (χ2v) is 5.21. The smallest absolute Gasteiger partial charge is 0.330 e. The molecular weight excluding hydrogens is 305 g/mol. The molecule has 1 heterocycles. The fourth-order valence-corrected chi connectivity index (χ4v) is 2.47. The van der Waals surface area contributed by atoms with Crippen molar-refractivity contribution in [2.75, 3.05) is 6.61 Å². The van der Waals surface area contributed by atoms with Gasteiger partial charge in [-0.1, -0.05) is 30.3 Å². The van der Waals surface area contributed by atoms with Gasteiger partial charge in [0.15, 0.2) is 0 Å². The number of carbonyl (C=O) groups excluding carboxylic acids is 1. The number of benzene rings is 2. The molecule has 1 aromatic heterocycles. The zero-order chi connectivity index (χ0) is 16.9. The Hall–Kier alpha value is -3.01. The highest BCUT2D eigenvalue weighted by Crippen LogP contribution is 2.26. The molecule has 3 aromatic rings. The molecule has 0 fully saturated rings. The second-order valence-electron chi connectivity index (χ2n) is 5.21. The largest absolute Gasteiger partial charge is 0.463 e. The molecule has 0 N–H and O–H groups in total. The fourth-order valence-electron chi connectivity index (χ4n) is 2.47. The van der Waals surface area contributed by atoms with Gasteiger partial charge in [0.1, 0.15) is 5.82 Å². The van der Waals surface area contributed by atoms with Gasteiger partial charge >= 0.3 is 5.97 Å². The van der Waals surface area contributed by atoms with Crippen LogP contribution >= 0.6 is 0 Å². The van der Waals surface area contributed by atoms with Crippen LogP contribution in [0, 0.1) is 5.82 Å². The summed E-state index contributed by atoms with van der Waals surface area (Å²) in [6.07, 6.45) is 3.04. The summed E-state index contributed by atoms with van der Waals surface area (Å²) >= 11 is 0. The van der Waals surface area contributed by atoms with Crippen LogP contribution in [0.25, 0.3) is 28.2 Å². The first-order valence-corrected chi connectivity index (χ1v) is 7.68. The van der Waals surface area contributed by atoms with Gasteiger partial charge in [-0.15, -0.1) is 0 Å². The lowest BCUT2D eigenvalue weighted by Crippen LogP contribution is -1.98. The summed E-state index contributed by atoms with van der Waals surface area (Å²) in [6, 6.07) is 16.0. The summed E-state index contributed by atoms with van der Waals surface area (Å²) < 4.78 is 18.5. The van der Waals surface area contributed by atoms with Crippen molar-refractivity contribution in [1.82, 2.24) is 4.98 Å². The first kappa shape index (κ1) is 15.9. The van der Waals surface area contributed by atoms with Crippen LogP contribution in [0.3, 0.4) is 0 Å². The van der Waals surface area contributed by atoms with Gasteiger partial charge in [0, 0.05) is 23.1 Å². The number of aromatic nitrogens is 1. The number of hydrogen-bond acceptors (Lipinski definition) is 3. The van der Waals surface area contributed by atoms with E-state index in [0.717, 1.165) is 22.2 Å². The molecule has 2 aromatic carbocycles. The third-order valence-electron chi connectivity index (χ3n) is 3.56. The molecule has 3 rings (SSSR count). The molecule has 0 atom stereocenters. The molecule has 3 nitrogen and oxygen atoms in total. The summed E-state index contributed by atoms with van der Waals surface area (Å²) in [4.78, 5) is 16.1. The van der Waals surface area contributed by atoms with Gasteiger partial charge in [0.2, 0.25) is 0 Å². The van der Waals surface area contributed by atoms with Crippen LogP contribution in [0.2, 0.25) is 0 Å². The van der Waals surface area contributed by atoms with Crippen molar-refractivity contribution < 1.29 is 13.9 Å². The number of hydrogen-bond donors (Lipinski definition) is 0. The lowest BCUT2D eigenvalue weighted by molar-refractivity contribution is -0.137. The molecule has 0 amide bonds. The Morgan fingerprint density at radius 3 is 2.71 bits per heavy atom. The lowest BCUT2D eigenvalue weighted by atomic mass is 10.0. The van der Waals surface area contributed by atoms with Crippen LogP contribution in [-0.2, 0) is 9.53 Å². The second kappa shape index (κ2) is 7.04. The normalized spacial score (nSPS) is 11.1. The molecule has 0 aliphatic heterocycles. The molecule has 0 unspecified atom stereocenters. The minimum absolute atomic E-state index is 0.320. The maximum atomic E-state index is 13.6. The van der Waals surface area contributed by atoms with Crippen molar-refractivity contribution in [3.63, 3.8) is 0 Å². The summed E-state index contributed by atoms with van der Waals surface area (Å²) in [5, 5.41) is 0.775. The minimum atomic E-state index is -0.411. The average molecular weight is 321 g/mol. The zero-order valence-corrected chi connectivity index (χ0v) is 13.2. The summed E-state index contributed by atoms with van der Waals surface area (Å²) in [6.45, 7) is 2.07. The van der Waals surface area contributed by atoms with Gasteiger partial charge in [-0.25, -0.2) is 14.2 Å². The average Bonchev–Trinajstić information content (AvgIpc) is 2.60. The molecule has 120 valence electrons. The van der Waals surface area contributed by atoms with E-state index in [2.05, 4.69) is 4.98 Å². The van der Waals surface area contributed by atoms with Crippen LogP contribution in [0.15, 0.2) is 60.7 Å². The molecule has 0 bridgehead atoms. The van der Waals surface area contributed by atoms with Crippen molar-refractivity contribution in [3.05, 3.63) is 72.1 Å². The van der Waals surface area contributed by atoms with Crippen molar-refractivity contribution in [2.24, 2.45) is 0 Å². The maximum Gasteiger partial charge on any atom is 0.330 e. The van der Waals surface area contributed by atoms with Gasteiger partial charge in [0.05, 0.1) is 17.8 Å². The lowest BCUT2D eigenvalue weighted by Gasteiger charge is -2.07. The molecular formula is C20H16FNO2. The standard InChI is InChI=1S/C20H16FNO2/c1-2-24-20(23)11-8-15-12-18(14-6-4-3-5-7-14)22-19-13-16(21)9-10-17(15)19/h3-13H,2H2,1H3. The molecule has 0 radical (unpaired) electrons. The van der Waals surface area contributed by atoms with Crippen molar-refractivity contribution in [1.29, 1.82) is 0 Å². The number of nitrogens with zero attached hydrogens (tertiary/aromatic N) is 1. The van der Waals surface area contributed by atoms with Crippen LogP contribution in [0.4, 0.5) is 4.39 Å². The van der Waals surface area contributed by atoms with Crippen LogP contribution in [0.5, 0.6) is 0 Å². The third-order valence-corrected chi connectivity index (χ3v) is 3.56. The Kier molecular flexibility index (Phi) is 4.66. The summed E-state index contributed by atoms with van der Waals surface area (Å²) in [7, 11) is 0. The highest BCUT2D eigenvalue weighted by molar-refractivity contribution is 5.94. The molecule has 0 aliphatic carbocycles. The third kappa shape index (κ3) is 3.49. The topological polar surface area (TPSA) is 39.2 Å². The Bertz CT molecular complexity index is 904. The van der Waals surface area contributed by atoms with Gasteiger partial charge in [-0.2, -0.15) is 0 Å². The van der Waals surface area contributed by atoms with Gasteiger partial charge in [0.25, 0.3) is 0 Å². The Balaban J connectivity index is 2.13. The number of carbonyl (C=O) groups is 1. The van der Waals surface area contributed by atoms with Crippen LogP contribution in [0.1, 0.15) is 12.5 Å². The van der Waals surface area contributed by atoms with E-state index in [9.17, 15) is 9.18 Å². The van der Waals surface area contributed by atoms with E-state index in [4.69, 9.17) is 4.74 Å². The monoisotopic (exact) mass is 321 g/mol. The van der Waals surface area contributed by atoms with E-state index in [1.807, 2.05) is 36.4 Å². The number of pyridine rings is 1. The Morgan fingerprint density at radius 2 is 1.96 bits per heavy atom. The SMILES string of the molecule is CCOC(=O)C=Cc1cc(-c2ccccc2)nc2cc(F)ccc12. The zero-order valence-electron chi connectivity index (χ0n) is 13.2. The van der Waals surface area contributed by atoms with E-state index >= 15 is 0 Å². The quantitative estimate of drug-likeness (QED) is 0.520. The van der Waals surface area contributed by atoms with Crippen molar-refractivity contribution in [3.8, 4) is 11.3 Å². The van der Waals surface area contributed by atoms with Crippen molar-refractivity contribution >= 4 is 22.9 Å². The van der Waals surface area contributed by atoms with Gasteiger partial charge in [-0.3, -0.25) is 0 Å². The number of esters is 1. The Morgan fingerprint density at radius 1 is 1.17 bits per heavy atom. The minimum Gasteiger partial charge on any atom is -0.463 e. The van der Waals surface area contributed by atoms with E-state index < -0.39 is 5.97 Å². The predicted molar refractivity (Wildman–Crippen MR) is 92.8 cm³/mol. The molecule has 0 spiro atoms. The highest BCUT2D eigenvalue weighted by atomic mass is 19.1. The van der Waals surface area contributed by atoms with Crippen molar-refractivity contribution in [2.45, 2.75) is 6.92 Å².